The van der Waals surface area contributed by atoms with Crippen LogP contribution < -0.4 is 10.5 Å². The van der Waals surface area contributed by atoms with Crippen LogP contribution in [0.15, 0.2) is 35.7 Å². The minimum absolute atomic E-state index is 0.108. The van der Waals surface area contributed by atoms with E-state index in [1.807, 2.05) is 32.0 Å². The van der Waals surface area contributed by atoms with Crippen molar-refractivity contribution in [2.45, 2.75) is 32.9 Å². The van der Waals surface area contributed by atoms with Gasteiger partial charge in [-0.2, -0.15) is 0 Å². The number of imidazole rings is 1. The topological polar surface area (TPSA) is 53.1 Å². The van der Waals surface area contributed by atoms with Crippen LogP contribution in [0.4, 0.5) is 5.95 Å². The Morgan fingerprint density at radius 3 is 2.67 bits per heavy atom. The van der Waals surface area contributed by atoms with Crippen molar-refractivity contribution >= 4 is 28.3 Å². The third kappa shape index (κ3) is 2.49. The summed E-state index contributed by atoms with van der Waals surface area (Å²) in [6, 6.07) is 10.3. The van der Waals surface area contributed by atoms with Gasteiger partial charge in [0.1, 0.15) is 11.3 Å². The van der Waals surface area contributed by atoms with Gasteiger partial charge < -0.3 is 15.0 Å². The maximum absolute atomic E-state index is 6.16. The molecule has 3 aromatic rings. The molecule has 3 rings (SSSR count). The first kappa shape index (κ1) is 13.9. The number of aromatic nitrogens is 2. The second-order valence-corrected chi connectivity index (χ2v) is 6.30. The number of fused-ring (bicyclic) bond motifs is 1. The zero-order chi connectivity index (χ0) is 15.0. The Hall–Kier alpha value is -2.01. The standard InChI is InChI=1S/C16H19N3OS/c1-10(2)20-13-7-4-6-12-15(13)18-16(17)19(12)11(3)14-8-5-9-21-14/h4-11H,1-3H3,(H2,17,18). The lowest BCUT2D eigenvalue weighted by Gasteiger charge is -2.15. The van der Waals surface area contributed by atoms with Gasteiger partial charge in [-0.25, -0.2) is 4.98 Å². The summed E-state index contributed by atoms with van der Waals surface area (Å²) in [7, 11) is 0. The highest BCUT2D eigenvalue weighted by molar-refractivity contribution is 7.10. The SMILES string of the molecule is CC(C)Oc1cccc2c1nc(N)n2C(C)c1cccs1. The maximum atomic E-state index is 6.16. The molecule has 1 unspecified atom stereocenters. The first-order valence-corrected chi connectivity index (χ1v) is 7.92. The lowest BCUT2D eigenvalue weighted by Crippen LogP contribution is -2.09. The molecule has 1 atom stereocenters. The third-order valence-electron chi connectivity index (χ3n) is 3.42. The van der Waals surface area contributed by atoms with Crippen molar-refractivity contribution < 1.29 is 4.74 Å². The molecule has 2 N–H and O–H groups in total. The van der Waals surface area contributed by atoms with Crippen molar-refractivity contribution in [1.29, 1.82) is 0 Å². The number of benzene rings is 1. The molecule has 0 radical (unpaired) electrons. The minimum atomic E-state index is 0.108. The molecule has 0 aliphatic rings. The molecule has 0 fully saturated rings. The Bertz CT molecular complexity index is 746. The number of para-hydroxylation sites is 1. The van der Waals surface area contributed by atoms with E-state index in [0.717, 1.165) is 16.8 Å². The number of thiophene rings is 1. The van der Waals surface area contributed by atoms with Crippen LogP contribution in [-0.4, -0.2) is 15.7 Å². The summed E-state index contributed by atoms with van der Waals surface area (Å²) in [4.78, 5) is 5.78. The number of hydrogen-bond donors (Lipinski definition) is 1. The lowest BCUT2D eigenvalue weighted by atomic mass is 10.2. The van der Waals surface area contributed by atoms with Crippen LogP contribution in [-0.2, 0) is 0 Å². The number of ether oxygens (including phenoxy) is 1. The van der Waals surface area contributed by atoms with E-state index in [-0.39, 0.29) is 12.1 Å². The molecule has 2 aromatic heterocycles. The van der Waals surface area contributed by atoms with Crippen molar-refractivity contribution in [1.82, 2.24) is 9.55 Å². The van der Waals surface area contributed by atoms with Gasteiger partial charge in [0, 0.05) is 4.88 Å². The van der Waals surface area contributed by atoms with Crippen molar-refractivity contribution in [2.75, 3.05) is 5.73 Å². The molecule has 4 nitrogen and oxygen atoms in total. The van der Waals surface area contributed by atoms with E-state index < -0.39 is 0 Å². The van der Waals surface area contributed by atoms with Gasteiger partial charge in [0.2, 0.25) is 5.95 Å². The lowest BCUT2D eigenvalue weighted by molar-refractivity contribution is 0.245. The molecule has 1 aromatic carbocycles. The van der Waals surface area contributed by atoms with Gasteiger partial charge in [-0.3, -0.25) is 0 Å². The molecule has 2 heterocycles. The number of nitrogens with zero attached hydrogens (tertiary/aromatic N) is 2. The molecule has 5 heteroatoms. The van der Waals surface area contributed by atoms with Crippen LogP contribution >= 0.6 is 11.3 Å². The molecule has 0 saturated heterocycles. The van der Waals surface area contributed by atoms with E-state index in [9.17, 15) is 0 Å². The molecular weight excluding hydrogens is 282 g/mol. The summed E-state index contributed by atoms with van der Waals surface area (Å²) >= 11 is 1.73. The maximum Gasteiger partial charge on any atom is 0.201 e. The van der Waals surface area contributed by atoms with Crippen LogP contribution in [0.25, 0.3) is 11.0 Å². The smallest absolute Gasteiger partial charge is 0.201 e. The summed E-state index contributed by atoms with van der Waals surface area (Å²) in [6.45, 7) is 6.15. The third-order valence-corrected chi connectivity index (χ3v) is 4.46. The Kier molecular flexibility index (Phi) is 3.59. The number of nitrogens with two attached hydrogens (primary N) is 1. The van der Waals surface area contributed by atoms with Crippen LogP contribution in [0.3, 0.4) is 0 Å². The van der Waals surface area contributed by atoms with Crippen LogP contribution in [0.2, 0.25) is 0 Å². The zero-order valence-electron chi connectivity index (χ0n) is 12.4. The Morgan fingerprint density at radius 1 is 1.19 bits per heavy atom. The van der Waals surface area contributed by atoms with Crippen LogP contribution in [0.5, 0.6) is 5.75 Å². The number of hydrogen-bond acceptors (Lipinski definition) is 4. The van der Waals surface area contributed by atoms with Crippen molar-refractivity contribution in [3.63, 3.8) is 0 Å². The van der Waals surface area contributed by atoms with Crippen molar-refractivity contribution in [3.05, 3.63) is 40.6 Å². The molecule has 0 aliphatic carbocycles. The van der Waals surface area contributed by atoms with Gasteiger partial charge in [-0.15, -0.1) is 11.3 Å². The van der Waals surface area contributed by atoms with Crippen LogP contribution in [0, 0.1) is 0 Å². The van der Waals surface area contributed by atoms with Gasteiger partial charge in [-0.1, -0.05) is 12.1 Å². The van der Waals surface area contributed by atoms with Gasteiger partial charge in [0.25, 0.3) is 0 Å². The summed E-state index contributed by atoms with van der Waals surface area (Å²) in [5, 5.41) is 2.08. The predicted molar refractivity (Wildman–Crippen MR) is 88.0 cm³/mol. The fourth-order valence-corrected chi connectivity index (χ4v) is 3.30. The molecule has 0 saturated carbocycles. The molecule has 0 spiro atoms. The number of anilines is 1. The summed E-state index contributed by atoms with van der Waals surface area (Å²) < 4.78 is 7.90. The Labute approximate surface area is 128 Å². The number of nitrogen functional groups attached to an aromatic ring is 1. The molecule has 0 bridgehead atoms. The molecule has 21 heavy (non-hydrogen) atoms. The molecule has 110 valence electrons. The van der Waals surface area contributed by atoms with Gasteiger partial charge in [-0.05, 0) is 44.4 Å². The minimum Gasteiger partial charge on any atom is -0.489 e. The van der Waals surface area contributed by atoms with E-state index in [0.29, 0.717) is 5.95 Å². The summed E-state index contributed by atoms with van der Waals surface area (Å²) in [5.74, 6) is 1.30. The average molecular weight is 301 g/mol. The average Bonchev–Trinajstić information content (AvgIpc) is 3.05. The second kappa shape index (κ2) is 5.41. The van der Waals surface area contributed by atoms with E-state index in [1.165, 1.54) is 4.88 Å². The van der Waals surface area contributed by atoms with E-state index >= 15 is 0 Å². The van der Waals surface area contributed by atoms with E-state index in [4.69, 9.17) is 10.5 Å². The summed E-state index contributed by atoms with van der Waals surface area (Å²) in [6.07, 6.45) is 0.108. The van der Waals surface area contributed by atoms with Crippen molar-refractivity contribution in [3.8, 4) is 5.75 Å². The van der Waals surface area contributed by atoms with Gasteiger partial charge in [0.15, 0.2) is 0 Å². The zero-order valence-corrected chi connectivity index (χ0v) is 13.2. The normalized spacial score (nSPS) is 13.0. The van der Waals surface area contributed by atoms with Crippen LogP contribution in [0.1, 0.15) is 31.7 Å². The quantitative estimate of drug-likeness (QED) is 0.790. The van der Waals surface area contributed by atoms with Gasteiger partial charge >= 0.3 is 0 Å². The number of rotatable bonds is 4. The highest BCUT2D eigenvalue weighted by Crippen LogP contribution is 2.33. The fourth-order valence-electron chi connectivity index (χ4n) is 2.52. The highest BCUT2D eigenvalue weighted by Gasteiger charge is 2.18. The predicted octanol–water partition coefficient (Wildman–Crippen LogP) is 4.08. The van der Waals surface area contributed by atoms with E-state index in [2.05, 4.69) is 34.0 Å². The Balaban J connectivity index is 2.14. The molecule has 0 aliphatic heterocycles. The fraction of sp³-hybridized carbons (Fsp3) is 0.312. The highest BCUT2D eigenvalue weighted by atomic mass is 32.1. The summed E-state index contributed by atoms with van der Waals surface area (Å²) in [5.41, 5.74) is 7.99. The molecule has 0 amide bonds. The van der Waals surface area contributed by atoms with Gasteiger partial charge in [0.05, 0.1) is 17.7 Å². The Morgan fingerprint density at radius 2 is 2.00 bits per heavy atom. The largest absolute Gasteiger partial charge is 0.489 e. The van der Waals surface area contributed by atoms with E-state index in [1.54, 1.807) is 11.3 Å². The molecular formula is C16H19N3OS. The monoisotopic (exact) mass is 301 g/mol. The second-order valence-electron chi connectivity index (χ2n) is 5.32. The first-order chi connectivity index (χ1) is 10.1. The van der Waals surface area contributed by atoms with Crippen molar-refractivity contribution in [2.24, 2.45) is 0 Å². The first-order valence-electron chi connectivity index (χ1n) is 7.04.